The molecular weight excluding hydrogens is 348 g/mol. The number of hydrogen-bond donors (Lipinski definition) is 2. The molecule has 2 heterocycles. The number of rotatable bonds is 6. The highest BCUT2D eigenvalue weighted by Crippen LogP contribution is 2.29. The second kappa shape index (κ2) is 7.85. The van der Waals surface area contributed by atoms with E-state index in [0.717, 1.165) is 22.2 Å². The van der Waals surface area contributed by atoms with Crippen molar-refractivity contribution >= 4 is 40.6 Å². The van der Waals surface area contributed by atoms with Crippen molar-refractivity contribution in [2.45, 2.75) is 6.54 Å². The summed E-state index contributed by atoms with van der Waals surface area (Å²) < 4.78 is 0. The predicted octanol–water partition coefficient (Wildman–Crippen LogP) is 4.59. The second-order valence-electron chi connectivity index (χ2n) is 6.35. The summed E-state index contributed by atoms with van der Waals surface area (Å²) in [7, 11) is 0. The molecule has 138 valence electrons. The van der Waals surface area contributed by atoms with Crippen LogP contribution in [0.25, 0.3) is 10.9 Å². The molecule has 0 aliphatic heterocycles. The van der Waals surface area contributed by atoms with Gasteiger partial charge in [0.2, 0.25) is 0 Å². The van der Waals surface area contributed by atoms with Gasteiger partial charge in [0.25, 0.3) is 0 Å². The molecule has 4 aromatic rings. The van der Waals surface area contributed by atoms with Gasteiger partial charge in [0.1, 0.15) is 11.5 Å². The Morgan fingerprint density at radius 3 is 2.68 bits per heavy atom. The van der Waals surface area contributed by atoms with Gasteiger partial charge in [-0.1, -0.05) is 30.3 Å². The summed E-state index contributed by atoms with van der Waals surface area (Å²) in [6.45, 7) is 4.12. The maximum atomic E-state index is 6.35. The number of nitrogens with zero attached hydrogens (tertiary/aromatic N) is 4. The van der Waals surface area contributed by atoms with Crippen molar-refractivity contribution in [2.75, 3.05) is 10.3 Å². The number of aromatic nitrogens is 2. The number of benzene rings is 2. The summed E-state index contributed by atoms with van der Waals surface area (Å²) in [6, 6.07) is 23.6. The van der Waals surface area contributed by atoms with Crippen molar-refractivity contribution in [3.8, 4) is 0 Å². The highest BCUT2D eigenvalue weighted by atomic mass is 15.4. The molecule has 0 aliphatic rings. The van der Waals surface area contributed by atoms with Gasteiger partial charge in [-0.2, -0.15) is 0 Å². The van der Waals surface area contributed by atoms with Crippen molar-refractivity contribution in [3.05, 3.63) is 84.6 Å². The van der Waals surface area contributed by atoms with E-state index in [4.69, 9.17) is 5.84 Å². The minimum absolute atomic E-state index is 0.481. The highest BCUT2D eigenvalue weighted by molar-refractivity contribution is 5.79. The predicted molar refractivity (Wildman–Crippen MR) is 115 cm³/mol. The lowest BCUT2D eigenvalue weighted by molar-refractivity contribution is 0.834. The van der Waals surface area contributed by atoms with E-state index in [1.165, 1.54) is 0 Å². The van der Waals surface area contributed by atoms with Crippen LogP contribution in [0.2, 0.25) is 0 Å². The summed E-state index contributed by atoms with van der Waals surface area (Å²) in [5, 5.41) is 5.93. The van der Waals surface area contributed by atoms with Crippen LogP contribution in [0.3, 0.4) is 0 Å². The highest BCUT2D eigenvalue weighted by Gasteiger charge is 2.12. The molecule has 0 unspecified atom stereocenters. The molecule has 0 fully saturated rings. The Bertz CT molecular complexity index is 1110. The molecule has 0 bridgehead atoms. The smallest absolute Gasteiger partial charge is 0.171 e. The quantitative estimate of drug-likeness (QED) is 0.296. The van der Waals surface area contributed by atoms with Crippen molar-refractivity contribution in [3.63, 3.8) is 0 Å². The lowest BCUT2D eigenvalue weighted by Crippen LogP contribution is -2.31. The van der Waals surface area contributed by atoms with Gasteiger partial charge in [-0.25, -0.2) is 10.8 Å². The van der Waals surface area contributed by atoms with Crippen molar-refractivity contribution in [1.29, 1.82) is 0 Å². The Morgan fingerprint density at radius 1 is 1.00 bits per heavy atom. The number of hydrazine groups is 1. The molecule has 0 spiro atoms. The van der Waals surface area contributed by atoms with Crippen molar-refractivity contribution < 1.29 is 0 Å². The molecule has 0 aliphatic carbocycles. The first-order valence-electron chi connectivity index (χ1n) is 8.89. The topological polar surface area (TPSA) is 79.4 Å². The van der Waals surface area contributed by atoms with E-state index in [1.807, 2.05) is 66.7 Å². The fourth-order valence-corrected chi connectivity index (χ4v) is 3.01. The summed E-state index contributed by atoms with van der Waals surface area (Å²) >= 11 is 0. The standard InChI is InChI=1S/C22H20N6/c1-24-20-11-12-21(26-18-7-3-2-4-8-18)27-22(20)28(23)15-16-9-10-19-17(14-16)6-5-13-25-19/h2-14H,1,15,23H2,(H,26,27). The monoisotopic (exact) mass is 368 g/mol. The Morgan fingerprint density at radius 2 is 1.86 bits per heavy atom. The zero-order chi connectivity index (χ0) is 19.3. The van der Waals surface area contributed by atoms with Gasteiger partial charge in [0.15, 0.2) is 5.82 Å². The van der Waals surface area contributed by atoms with Gasteiger partial charge < -0.3 is 5.32 Å². The third-order valence-electron chi connectivity index (χ3n) is 4.36. The Balaban J connectivity index is 1.60. The summed E-state index contributed by atoms with van der Waals surface area (Å²) in [6.07, 6.45) is 1.79. The molecule has 0 saturated heterocycles. The fraction of sp³-hybridized carbons (Fsp3) is 0.0455. The molecule has 6 heteroatoms. The zero-order valence-electron chi connectivity index (χ0n) is 15.3. The average Bonchev–Trinajstić information content (AvgIpc) is 2.74. The van der Waals surface area contributed by atoms with Crippen LogP contribution >= 0.6 is 0 Å². The SMILES string of the molecule is C=Nc1ccc(Nc2ccccc2)nc1N(N)Cc1ccc2ncccc2c1. The van der Waals surface area contributed by atoms with E-state index in [9.17, 15) is 0 Å². The van der Waals surface area contributed by atoms with Gasteiger partial charge in [0, 0.05) is 17.3 Å². The largest absolute Gasteiger partial charge is 0.340 e. The van der Waals surface area contributed by atoms with Crippen LogP contribution in [0.1, 0.15) is 5.56 Å². The minimum atomic E-state index is 0.481. The van der Waals surface area contributed by atoms with Crippen molar-refractivity contribution in [2.24, 2.45) is 10.8 Å². The van der Waals surface area contributed by atoms with Crippen LogP contribution in [-0.2, 0) is 6.54 Å². The van der Waals surface area contributed by atoms with E-state index in [-0.39, 0.29) is 0 Å². The van der Waals surface area contributed by atoms with Crippen LogP contribution in [0.5, 0.6) is 0 Å². The first-order valence-corrected chi connectivity index (χ1v) is 8.89. The van der Waals surface area contributed by atoms with Crippen molar-refractivity contribution in [1.82, 2.24) is 9.97 Å². The molecule has 0 radical (unpaired) electrons. The minimum Gasteiger partial charge on any atom is -0.340 e. The lowest BCUT2D eigenvalue weighted by atomic mass is 10.1. The summed E-state index contributed by atoms with van der Waals surface area (Å²) in [5.74, 6) is 7.59. The molecule has 0 atom stereocenters. The number of anilines is 3. The fourth-order valence-electron chi connectivity index (χ4n) is 3.01. The number of para-hydroxylation sites is 1. The Kier molecular flexibility index (Phi) is 4.95. The maximum Gasteiger partial charge on any atom is 0.171 e. The van der Waals surface area contributed by atoms with Crippen LogP contribution in [-0.4, -0.2) is 16.7 Å². The van der Waals surface area contributed by atoms with Crippen LogP contribution < -0.4 is 16.2 Å². The molecule has 28 heavy (non-hydrogen) atoms. The van der Waals surface area contributed by atoms with Crippen LogP contribution in [0.4, 0.5) is 23.0 Å². The van der Waals surface area contributed by atoms with E-state index < -0.39 is 0 Å². The number of nitrogens with two attached hydrogens (primary N) is 1. The first-order chi connectivity index (χ1) is 13.7. The second-order valence-corrected chi connectivity index (χ2v) is 6.35. The average molecular weight is 368 g/mol. The van der Waals surface area contributed by atoms with E-state index >= 15 is 0 Å². The third-order valence-corrected chi connectivity index (χ3v) is 4.36. The molecular formula is C22H20N6. The Labute approximate surface area is 163 Å². The molecule has 0 amide bonds. The van der Waals surface area contributed by atoms with E-state index in [0.29, 0.717) is 23.9 Å². The molecule has 0 saturated carbocycles. The number of aliphatic imine (C=N–C) groups is 1. The third kappa shape index (κ3) is 3.82. The molecule has 6 nitrogen and oxygen atoms in total. The molecule has 4 rings (SSSR count). The first kappa shape index (κ1) is 17.6. The van der Waals surface area contributed by atoms with Gasteiger partial charge in [0.05, 0.1) is 12.1 Å². The zero-order valence-corrected chi connectivity index (χ0v) is 15.3. The number of fused-ring (bicyclic) bond motifs is 1. The maximum absolute atomic E-state index is 6.35. The van der Waals surface area contributed by atoms with E-state index in [2.05, 4.69) is 33.1 Å². The number of nitrogens with one attached hydrogen (secondary N) is 1. The Hall–Kier alpha value is -3.77. The van der Waals surface area contributed by atoms with Gasteiger partial charge in [-0.15, -0.1) is 0 Å². The van der Waals surface area contributed by atoms with Gasteiger partial charge in [-0.3, -0.25) is 15.0 Å². The number of hydrogen-bond acceptors (Lipinski definition) is 6. The van der Waals surface area contributed by atoms with Gasteiger partial charge >= 0.3 is 0 Å². The van der Waals surface area contributed by atoms with Crippen LogP contribution in [0.15, 0.2) is 84.0 Å². The van der Waals surface area contributed by atoms with E-state index in [1.54, 1.807) is 11.2 Å². The normalized spacial score (nSPS) is 10.6. The molecule has 2 aromatic carbocycles. The summed E-state index contributed by atoms with van der Waals surface area (Å²) in [4.78, 5) is 13.1. The molecule has 3 N–H and O–H groups in total. The van der Waals surface area contributed by atoms with Gasteiger partial charge in [-0.05, 0) is 54.7 Å². The number of pyridine rings is 2. The van der Waals surface area contributed by atoms with Crippen LogP contribution in [0, 0.1) is 0 Å². The summed E-state index contributed by atoms with van der Waals surface area (Å²) in [5.41, 5.74) is 3.59. The lowest BCUT2D eigenvalue weighted by Gasteiger charge is -2.20. The molecule has 2 aromatic heterocycles.